The number of fused-ring (bicyclic) bond motifs is 1. The van der Waals surface area contributed by atoms with Crippen molar-refractivity contribution in [2.75, 3.05) is 18.1 Å². The lowest BCUT2D eigenvalue weighted by Crippen LogP contribution is -2.32. The molecule has 2 heterocycles. The van der Waals surface area contributed by atoms with Crippen LogP contribution < -0.4 is 9.64 Å². The van der Waals surface area contributed by atoms with Gasteiger partial charge in [0.05, 0.1) is 18.8 Å². The predicted molar refractivity (Wildman–Crippen MR) is 69.7 cm³/mol. The van der Waals surface area contributed by atoms with Crippen molar-refractivity contribution in [3.8, 4) is 5.75 Å². The maximum atomic E-state index is 5.62. The molecule has 0 unspecified atom stereocenters. The fourth-order valence-corrected chi connectivity index (χ4v) is 2.32. The number of aromatic nitrogens is 2. The quantitative estimate of drug-likeness (QED) is 0.853. The van der Waals surface area contributed by atoms with Crippen LogP contribution in [0.15, 0.2) is 27.1 Å². The number of hydrogen-bond acceptors (Lipinski definition) is 5. The van der Waals surface area contributed by atoms with E-state index in [1.807, 2.05) is 18.2 Å². The molecule has 2 aromatic rings. The molecule has 0 N–H and O–H groups in total. The first-order valence-electron chi connectivity index (χ1n) is 5.68. The first kappa shape index (κ1) is 11.5. The highest BCUT2D eigenvalue weighted by Gasteiger charge is 2.20. The van der Waals surface area contributed by atoms with Crippen molar-refractivity contribution in [2.24, 2.45) is 0 Å². The molecule has 1 aliphatic heterocycles. The highest BCUT2D eigenvalue weighted by Crippen LogP contribution is 2.34. The van der Waals surface area contributed by atoms with E-state index in [9.17, 15) is 0 Å². The molecule has 0 aliphatic carbocycles. The standard InChI is InChI=1S/C12H12BrN3O2/c1-8-14-15-12(18-8)7-16-4-5-17-11-3-2-9(13)6-10(11)16/h2-3,6H,4-5,7H2,1H3. The molecule has 0 radical (unpaired) electrons. The molecule has 0 saturated heterocycles. The number of halogens is 1. The lowest BCUT2D eigenvalue weighted by atomic mass is 10.2. The van der Waals surface area contributed by atoms with Crippen molar-refractivity contribution >= 4 is 21.6 Å². The minimum Gasteiger partial charge on any atom is -0.490 e. The van der Waals surface area contributed by atoms with Crippen LogP contribution in [0.4, 0.5) is 5.69 Å². The maximum absolute atomic E-state index is 5.62. The highest BCUT2D eigenvalue weighted by atomic mass is 79.9. The molecule has 0 atom stereocenters. The van der Waals surface area contributed by atoms with Crippen molar-refractivity contribution in [1.82, 2.24) is 10.2 Å². The molecule has 5 nitrogen and oxygen atoms in total. The van der Waals surface area contributed by atoms with Gasteiger partial charge in [-0.1, -0.05) is 15.9 Å². The van der Waals surface area contributed by atoms with Crippen LogP contribution in [0.5, 0.6) is 5.75 Å². The summed E-state index contributed by atoms with van der Waals surface area (Å²) in [6, 6.07) is 5.97. The van der Waals surface area contributed by atoms with Gasteiger partial charge in [0.15, 0.2) is 0 Å². The van der Waals surface area contributed by atoms with Gasteiger partial charge < -0.3 is 14.1 Å². The lowest BCUT2D eigenvalue weighted by Gasteiger charge is -2.30. The van der Waals surface area contributed by atoms with Crippen molar-refractivity contribution < 1.29 is 9.15 Å². The first-order chi connectivity index (χ1) is 8.72. The molecule has 0 fully saturated rings. The molecule has 6 heteroatoms. The van der Waals surface area contributed by atoms with Gasteiger partial charge in [-0.05, 0) is 18.2 Å². The second-order valence-corrected chi connectivity index (χ2v) is 5.01. The number of benzene rings is 1. The van der Waals surface area contributed by atoms with E-state index in [-0.39, 0.29) is 0 Å². The summed E-state index contributed by atoms with van der Waals surface area (Å²) < 4.78 is 12.1. The fourth-order valence-electron chi connectivity index (χ4n) is 1.97. The fraction of sp³-hybridized carbons (Fsp3) is 0.333. The molecular formula is C12H12BrN3O2. The normalized spacial score (nSPS) is 14.2. The van der Waals surface area contributed by atoms with Crippen LogP contribution in [0.2, 0.25) is 0 Å². The Labute approximate surface area is 113 Å². The van der Waals surface area contributed by atoms with Gasteiger partial charge in [0.2, 0.25) is 11.8 Å². The molecule has 0 saturated carbocycles. The van der Waals surface area contributed by atoms with E-state index in [0.717, 1.165) is 22.5 Å². The summed E-state index contributed by atoms with van der Waals surface area (Å²) in [6.45, 7) is 3.88. The molecule has 0 bridgehead atoms. The second-order valence-electron chi connectivity index (χ2n) is 4.10. The minimum absolute atomic E-state index is 0.590. The molecular weight excluding hydrogens is 298 g/mol. The average Bonchev–Trinajstić information content (AvgIpc) is 2.76. The van der Waals surface area contributed by atoms with Crippen molar-refractivity contribution in [3.63, 3.8) is 0 Å². The summed E-state index contributed by atoms with van der Waals surface area (Å²) in [5, 5.41) is 7.87. The van der Waals surface area contributed by atoms with E-state index < -0.39 is 0 Å². The van der Waals surface area contributed by atoms with Crippen molar-refractivity contribution in [2.45, 2.75) is 13.5 Å². The topological polar surface area (TPSA) is 51.4 Å². The Morgan fingerprint density at radius 2 is 2.28 bits per heavy atom. The molecule has 3 rings (SSSR count). The summed E-state index contributed by atoms with van der Waals surface area (Å²) in [6.07, 6.45) is 0. The number of hydrogen-bond donors (Lipinski definition) is 0. The molecule has 0 spiro atoms. The van der Waals surface area contributed by atoms with Crippen molar-refractivity contribution in [1.29, 1.82) is 0 Å². The van der Waals surface area contributed by atoms with E-state index in [2.05, 4.69) is 31.0 Å². The summed E-state index contributed by atoms with van der Waals surface area (Å²) in [5.41, 5.74) is 1.05. The van der Waals surface area contributed by atoms with Crippen LogP contribution in [0.1, 0.15) is 11.8 Å². The zero-order chi connectivity index (χ0) is 12.5. The predicted octanol–water partition coefficient (Wildman–Crippen LogP) is 2.54. The number of rotatable bonds is 2. The lowest BCUT2D eigenvalue weighted by molar-refractivity contribution is 0.303. The largest absolute Gasteiger partial charge is 0.490 e. The van der Waals surface area contributed by atoms with E-state index in [1.165, 1.54) is 0 Å². The summed E-state index contributed by atoms with van der Waals surface area (Å²) in [4.78, 5) is 2.18. The highest BCUT2D eigenvalue weighted by molar-refractivity contribution is 9.10. The van der Waals surface area contributed by atoms with Gasteiger partial charge in [-0.3, -0.25) is 0 Å². The van der Waals surface area contributed by atoms with Gasteiger partial charge in [-0.2, -0.15) is 0 Å². The van der Waals surface area contributed by atoms with Gasteiger partial charge in [0, 0.05) is 11.4 Å². The number of aryl methyl sites for hydroxylation is 1. The number of nitrogens with zero attached hydrogens (tertiary/aromatic N) is 3. The third kappa shape index (κ3) is 2.20. The third-order valence-electron chi connectivity index (χ3n) is 2.77. The molecule has 18 heavy (non-hydrogen) atoms. The van der Waals surface area contributed by atoms with Gasteiger partial charge in [0.1, 0.15) is 12.4 Å². The second kappa shape index (κ2) is 4.61. The first-order valence-corrected chi connectivity index (χ1v) is 6.48. The summed E-state index contributed by atoms with van der Waals surface area (Å²) in [7, 11) is 0. The Kier molecular flexibility index (Phi) is 2.95. The minimum atomic E-state index is 0.590. The molecule has 0 amide bonds. The van der Waals surface area contributed by atoms with Gasteiger partial charge in [-0.25, -0.2) is 0 Å². The maximum Gasteiger partial charge on any atom is 0.235 e. The summed E-state index contributed by atoms with van der Waals surface area (Å²) in [5.74, 6) is 2.11. The Hall–Kier alpha value is -1.56. The SMILES string of the molecule is Cc1nnc(CN2CCOc3ccc(Br)cc32)o1. The van der Waals surface area contributed by atoms with Gasteiger partial charge >= 0.3 is 0 Å². The van der Waals surface area contributed by atoms with Crippen LogP contribution >= 0.6 is 15.9 Å². The van der Waals surface area contributed by atoms with Crippen LogP contribution in [-0.2, 0) is 6.54 Å². The smallest absolute Gasteiger partial charge is 0.235 e. The zero-order valence-electron chi connectivity index (χ0n) is 9.89. The molecule has 1 aromatic carbocycles. The Morgan fingerprint density at radius 3 is 3.06 bits per heavy atom. The van der Waals surface area contributed by atoms with E-state index in [0.29, 0.717) is 24.9 Å². The van der Waals surface area contributed by atoms with E-state index in [1.54, 1.807) is 6.92 Å². The van der Waals surface area contributed by atoms with Crippen LogP contribution in [-0.4, -0.2) is 23.3 Å². The third-order valence-corrected chi connectivity index (χ3v) is 3.27. The van der Waals surface area contributed by atoms with Crippen LogP contribution in [0, 0.1) is 6.92 Å². The van der Waals surface area contributed by atoms with Crippen molar-refractivity contribution in [3.05, 3.63) is 34.5 Å². The van der Waals surface area contributed by atoms with Gasteiger partial charge in [-0.15, -0.1) is 10.2 Å². The van der Waals surface area contributed by atoms with Crippen LogP contribution in [0.25, 0.3) is 0 Å². The molecule has 1 aliphatic rings. The summed E-state index contributed by atoms with van der Waals surface area (Å²) >= 11 is 3.47. The Balaban J connectivity index is 1.88. The monoisotopic (exact) mass is 309 g/mol. The zero-order valence-corrected chi connectivity index (χ0v) is 11.5. The van der Waals surface area contributed by atoms with E-state index >= 15 is 0 Å². The van der Waals surface area contributed by atoms with Crippen LogP contribution in [0.3, 0.4) is 0 Å². The molecule has 1 aromatic heterocycles. The average molecular weight is 310 g/mol. The van der Waals surface area contributed by atoms with Gasteiger partial charge in [0.25, 0.3) is 0 Å². The number of ether oxygens (including phenoxy) is 1. The Morgan fingerprint density at radius 1 is 1.39 bits per heavy atom. The number of anilines is 1. The molecule has 94 valence electrons. The Bertz CT molecular complexity index is 570. The van der Waals surface area contributed by atoms with E-state index in [4.69, 9.17) is 9.15 Å².